The van der Waals surface area contributed by atoms with Gasteiger partial charge in [-0.25, -0.2) is 8.42 Å². The van der Waals surface area contributed by atoms with Crippen molar-refractivity contribution in [2.45, 2.75) is 31.8 Å². The van der Waals surface area contributed by atoms with Crippen LogP contribution < -0.4 is 4.90 Å². The van der Waals surface area contributed by atoms with Crippen LogP contribution in [0.4, 0.5) is 5.69 Å². The minimum Gasteiger partial charge on any atom is -0.438 e. The second kappa shape index (κ2) is 7.64. The largest absolute Gasteiger partial charge is 0.438 e. The van der Waals surface area contributed by atoms with Gasteiger partial charge in [-0.05, 0) is 36.8 Å². The van der Waals surface area contributed by atoms with E-state index in [0.717, 1.165) is 5.69 Å². The summed E-state index contributed by atoms with van der Waals surface area (Å²) < 4.78 is 38.5. The molecule has 29 heavy (non-hydrogen) atoms. The molecule has 1 aliphatic rings. The molecule has 1 fully saturated rings. The number of benzene rings is 1. The van der Waals surface area contributed by atoms with Gasteiger partial charge in [0.15, 0.2) is 5.76 Å². The maximum Gasteiger partial charge on any atom is 0.283 e. The zero-order valence-corrected chi connectivity index (χ0v) is 17.5. The van der Waals surface area contributed by atoms with E-state index < -0.39 is 10.0 Å². The SMILES string of the molecule is Cc1cccc(N2CCN(S(=O)(=O)c3ccc(-c4nnc(C(C)C)o4)o3)CC2)c1. The van der Waals surface area contributed by atoms with Crippen LogP contribution in [0.1, 0.15) is 31.2 Å². The Morgan fingerprint density at radius 2 is 1.76 bits per heavy atom. The zero-order valence-electron chi connectivity index (χ0n) is 16.7. The number of aryl methyl sites for hydroxylation is 1. The topological polar surface area (TPSA) is 92.7 Å². The van der Waals surface area contributed by atoms with Crippen molar-refractivity contribution >= 4 is 15.7 Å². The van der Waals surface area contributed by atoms with Gasteiger partial charge in [-0.2, -0.15) is 4.31 Å². The molecule has 0 amide bonds. The zero-order chi connectivity index (χ0) is 20.6. The molecule has 154 valence electrons. The highest BCUT2D eigenvalue weighted by molar-refractivity contribution is 7.89. The first-order valence-corrected chi connectivity index (χ1v) is 11.0. The Morgan fingerprint density at radius 3 is 2.41 bits per heavy atom. The third kappa shape index (κ3) is 3.92. The van der Waals surface area contributed by atoms with E-state index in [-0.39, 0.29) is 22.7 Å². The summed E-state index contributed by atoms with van der Waals surface area (Å²) in [6.45, 7) is 7.95. The third-order valence-electron chi connectivity index (χ3n) is 4.93. The fourth-order valence-corrected chi connectivity index (χ4v) is 4.61. The lowest BCUT2D eigenvalue weighted by Crippen LogP contribution is -2.48. The van der Waals surface area contributed by atoms with Gasteiger partial charge in [0, 0.05) is 37.8 Å². The molecule has 0 saturated carbocycles. The summed E-state index contributed by atoms with van der Waals surface area (Å²) in [5, 5.41) is 7.78. The number of piperazine rings is 1. The highest BCUT2D eigenvalue weighted by Crippen LogP contribution is 2.28. The molecule has 4 rings (SSSR count). The summed E-state index contributed by atoms with van der Waals surface area (Å²) >= 11 is 0. The van der Waals surface area contributed by atoms with Crippen LogP contribution in [-0.4, -0.2) is 49.1 Å². The average Bonchev–Trinajstić information content (AvgIpc) is 3.38. The van der Waals surface area contributed by atoms with E-state index in [2.05, 4.69) is 21.2 Å². The smallest absolute Gasteiger partial charge is 0.283 e. The first-order chi connectivity index (χ1) is 13.8. The lowest BCUT2D eigenvalue weighted by molar-refractivity contribution is 0.361. The number of rotatable bonds is 5. The van der Waals surface area contributed by atoms with Crippen LogP contribution in [0.25, 0.3) is 11.7 Å². The maximum atomic E-state index is 13.0. The van der Waals surface area contributed by atoms with E-state index in [9.17, 15) is 8.42 Å². The molecule has 9 heteroatoms. The highest BCUT2D eigenvalue weighted by Gasteiger charge is 2.31. The number of aromatic nitrogens is 2. The van der Waals surface area contributed by atoms with Crippen molar-refractivity contribution in [2.24, 2.45) is 0 Å². The average molecular weight is 417 g/mol. The number of furan rings is 1. The molecule has 1 aliphatic heterocycles. The molecule has 0 unspecified atom stereocenters. The fraction of sp³-hybridized carbons (Fsp3) is 0.400. The predicted molar refractivity (Wildman–Crippen MR) is 108 cm³/mol. The predicted octanol–water partition coefficient (Wildman–Crippen LogP) is 3.27. The van der Waals surface area contributed by atoms with Gasteiger partial charge in [0.05, 0.1) is 0 Å². The van der Waals surface area contributed by atoms with E-state index in [1.165, 1.54) is 15.9 Å². The monoisotopic (exact) mass is 416 g/mol. The van der Waals surface area contributed by atoms with Gasteiger partial charge in [0.25, 0.3) is 15.9 Å². The molecule has 0 aliphatic carbocycles. The van der Waals surface area contributed by atoms with Crippen LogP contribution in [-0.2, 0) is 10.0 Å². The number of hydrogen-bond acceptors (Lipinski definition) is 7. The van der Waals surface area contributed by atoms with Crippen molar-refractivity contribution in [3.63, 3.8) is 0 Å². The standard InChI is InChI=1S/C20H24N4O4S/c1-14(2)19-21-22-20(28-19)17-7-8-18(27-17)29(25,26)24-11-9-23(10-12-24)16-6-4-5-15(3)13-16/h4-8,13-14H,9-12H2,1-3H3. The lowest BCUT2D eigenvalue weighted by Gasteiger charge is -2.35. The summed E-state index contributed by atoms with van der Waals surface area (Å²) in [7, 11) is -3.72. The van der Waals surface area contributed by atoms with Crippen LogP contribution in [0.5, 0.6) is 0 Å². The fourth-order valence-electron chi connectivity index (χ4n) is 3.28. The summed E-state index contributed by atoms with van der Waals surface area (Å²) in [6, 6.07) is 11.2. The van der Waals surface area contributed by atoms with Crippen molar-refractivity contribution in [3.05, 3.63) is 47.9 Å². The number of anilines is 1. The van der Waals surface area contributed by atoms with E-state index in [4.69, 9.17) is 8.83 Å². The molecule has 3 heterocycles. The molecule has 0 atom stereocenters. The molecule has 8 nitrogen and oxygen atoms in total. The molecule has 1 aromatic carbocycles. The van der Waals surface area contributed by atoms with Crippen molar-refractivity contribution in [1.82, 2.24) is 14.5 Å². The normalized spacial score (nSPS) is 15.9. The van der Waals surface area contributed by atoms with Crippen molar-refractivity contribution in [2.75, 3.05) is 31.1 Å². The van der Waals surface area contributed by atoms with Gasteiger partial charge in [-0.1, -0.05) is 26.0 Å². The van der Waals surface area contributed by atoms with E-state index in [1.807, 2.05) is 39.0 Å². The summed E-state index contributed by atoms with van der Waals surface area (Å²) in [5.41, 5.74) is 2.29. The lowest BCUT2D eigenvalue weighted by atomic mass is 10.2. The van der Waals surface area contributed by atoms with Crippen molar-refractivity contribution < 1.29 is 17.3 Å². The van der Waals surface area contributed by atoms with Gasteiger partial charge in [0.1, 0.15) is 0 Å². The number of sulfonamides is 1. The van der Waals surface area contributed by atoms with Crippen molar-refractivity contribution in [1.29, 1.82) is 0 Å². The minimum atomic E-state index is -3.72. The Hall–Kier alpha value is -2.65. The molecular weight excluding hydrogens is 392 g/mol. The van der Waals surface area contributed by atoms with E-state index in [1.54, 1.807) is 6.07 Å². The van der Waals surface area contributed by atoms with E-state index in [0.29, 0.717) is 32.1 Å². The Kier molecular flexibility index (Phi) is 5.18. The Labute approximate surface area is 170 Å². The molecule has 1 saturated heterocycles. The minimum absolute atomic E-state index is 0.0825. The second-order valence-electron chi connectivity index (χ2n) is 7.45. The second-order valence-corrected chi connectivity index (χ2v) is 9.32. The first kappa shape index (κ1) is 19.7. The highest BCUT2D eigenvalue weighted by atomic mass is 32.2. The maximum absolute atomic E-state index is 13.0. The first-order valence-electron chi connectivity index (χ1n) is 9.60. The van der Waals surface area contributed by atoms with Gasteiger partial charge in [0.2, 0.25) is 11.0 Å². The third-order valence-corrected chi connectivity index (χ3v) is 6.70. The van der Waals surface area contributed by atoms with Gasteiger partial charge >= 0.3 is 0 Å². The van der Waals surface area contributed by atoms with Gasteiger partial charge in [-0.15, -0.1) is 10.2 Å². The van der Waals surface area contributed by atoms with Crippen molar-refractivity contribution in [3.8, 4) is 11.7 Å². The van der Waals surface area contributed by atoms with Crippen LogP contribution in [0, 0.1) is 6.92 Å². The summed E-state index contributed by atoms with van der Waals surface area (Å²) in [6.07, 6.45) is 0. The molecule has 0 bridgehead atoms. The van der Waals surface area contributed by atoms with Crippen LogP contribution in [0.2, 0.25) is 0 Å². The molecule has 0 spiro atoms. The van der Waals surface area contributed by atoms with Crippen LogP contribution in [0.15, 0.2) is 50.3 Å². The Morgan fingerprint density at radius 1 is 1.00 bits per heavy atom. The molecule has 3 aromatic rings. The van der Waals surface area contributed by atoms with E-state index >= 15 is 0 Å². The number of hydrogen-bond donors (Lipinski definition) is 0. The molecule has 2 aromatic heterocycles. The number of nitrogens with zero attached hydrogens (tertiary/aromatic N) is 4. The quantitative estimate of drug-likeness (QED) is 0.630. The van der Waals surface area contributed by atoms with Gasteiger partial charge in [-0.3, -0.25) is 0 Å². The Bertz CT molecular complexity index is 1100. The molecule has 0 N–H and O–H groups in total. The molecular formula is C20H24N4O4S. The summed E-state index contributed by atoms with van der Waals surface area (Å²) in [4.78, 5) is 2.19. The molecule has 0 radical (unpaired) electrons. The Balaban J connectivity index is 1.47. The van der Waals surface area contributed by atoms with Crippen LogP contribution >= 0.6 is 0 Å². The van der Waals surface area contributed by atoms with Crippen LogP contribution in [0.3, 0.4) is 0 Å². The summed E-state index contributed by atoms with van der Waals surface area (Å²) in [5.74, 6) is 0.993. The van der Waals surface area contributed by atoms with Gasteiger partial charge < -0.3 is 13.7 Å².